The van der Waals surface area contributed by atoms with E-state index in [9.17, 15) is 5.11 Å². The van der Waals surface area contributed by atoms with E-state index >= 15 is 0 Å². The molecule has 0 saturated carbocycles. The van der Waals surface area contributed by atoms with Gasteiger partial charge in [0.05, 0.1) is 13.2 Å². The number of epoxide rings is 1. The van der Waals surface area contributed by atoms with Gasteiger partial charge in [-0.2, -0.15) is 0 Å². The summed E-state index contributed by atoms with van der Waals surface area (Å²) < 4.78 is 10.5. The summed E-state index contributed by atoms with van der Waals surface area (Å²) in [6.07, 6.45) is -0.432. The average Bonchev–Trinajstić information content (AvgIpc) is 2.97. The second-order valence-electron chi connectivity index (χ2n) is 3.54. The Bertz CT molecular complexity index is 322. The smallest absolute Gasteiger partial charge is 0.119 e. The molecule has 0 unspecified atom stereocenters. The summed E-state index contributed by atoms with van der Waals surface area (Å²) in [7, 11) is 1.64. The second kappa shape index (κ2) is 3.59. The summed E-state index contributed by atoms with van der Waals surface area (Å²) in [4.78, 5) is 0. The summed E-state index contributed by atoms with van der Waals surface area (Å²) in [6.45, 7) is 1.74. The summed E-state index contributed by atoms with van der Waals surface area (Å²) in [5.41, 5.74) is 1.07. The van der Waals surface area contributed by atoms with E-state index in [0.717, 1.165) is 11.3 Å². The number of benzene rings is 1. The van der Waals surface area contributed by atoms with Gasteiger partial charge in [0.1, 0.15) is 18.0 Å². The van der Waals surface area contributed by atoms with E-state index in [4.69, 9.17) is 9.47 Å². The summed E-state index contributed by atoms with van der Waals surface area (Å²) in [5.74, 6) is 0.822. The van der Waals surface area contributed by atoms with Crippen molar-refractivity contribution >= 4 is 0 Å². The van der Waals surface area contributed by atoms with Gasteiger partial charge in [0.25, 0.3) is 0 Å². The molecular formula is C11H14O3. The highest BCUT2D eigenvalue weighted by atomic mass is 16.6. The van der Waals surface area contributed by atoms with Gasteiger partial charge in [-0.05, 0) is 24.6 Å². The fourth-order valence-electron chi connectivity index (χ4n) is 1.58. The lowest BCUT2D eigenvalue weighted by Crippen LogP contribution is -2.09. The molecule has 1 N–H and O–H groups in total. The Morgan fingerprint density at radius 3 is 2.86 bits per heavy atom. The van der Waals surface area contributed by atoms with Gasteiger partial charge in [0.2, 0.25) is 0 Å². The number of rotatable bonds is 3. The Balaban J connectivity index is 2.11. The standard InChI is InChI=1S/C11H14O3/c1-7(12)10-11(14-10)8-4-3-5-9(6-8)13-2/h3-7,10-12H,1-2H3/t7-,10-,11-/m0/s1. The van der Waals surface area contributed by atoms with Gasteiger partial charge in [-0.25, -0.2) is 0 Å². The van der Waals surface area contributed by atoms with Gasteiger partial charge >= 0.3 is 0 Å². The maximum absolute atomic E-state index is 9.29. The van der Waals surface area contributed by atoms with Crippen LogP contribution in [0.5, 0.6) is 5.75 Å². The highest BCUT2D eigenvalue weighted by molar-refractivity contribution is 5.32. The molecule has 0 aromatic heterocycles. The summed E-state index contributed by atoms with van der Waals surface area (Å²) in [5, 5.41) is 9.29. The Morgan fingerprint density at radius 1 is 1.50 bits per heavy atom. The number of hydrogen-bond donors (Lipinski definition) is 1. The van der Waals surface area contributed by atoms with Crippen LogP contribution < -0.4 is 4.74 Å². The minimum absolute atomic E-state index is 0.0325. The van der Waals surface area contributed by atoms with Gasteiger partial charge in [-0.15, -0.1) is 0 Å². The van der Waals surface area contributed by atoms with Crippen LogP contribution >= 0.6 is 0 Å². The molecule has 76 valence electrons. The summed E-state index contributed by atoms with van der Waals surface area (Å²) in [6, 6.07) is 7.74. The molecule has 1 aliphatic heterocycles. The number of ether oxygens (including phenoxy) is 2. The first-order chi connectivity index (χ1) is 6.72. The Morgan fingerprint density at radius 2 is 2.29 bits per heavy atom. The molecule has 14 heavy (non-hydrogen) atoms. The predicted octanol–water partition coefficient (Wildman–Crippen LogP) is 1.52. The molecule has 3 nitrogen and oxygen atoms in total. The fourth-order valence-corrected chi connectivity index (χ4v) is 1.58. The lowest BCUT2D eigenvalue weighted by atomic mass is 10.1. The van der Waals surface area contributed by atoms with Crippen LogP contribution in [0.15, 0.2) is 24.3 Å². The van der Waals surface area contributed by atoms with E-state index in [2.05, 4.69) is 0 Å². The van der Waals surface area contributed by atoms with Crippen molar-refractivity contribution in [2.24, 2.45) is 0 Å². The van der Waals surface area contributed by atoms with Crippen LogP contribution in [0.1, 0.15) is 18.6 Å². The van der Waals surface area contributed by atoms with E-state index in [1.165, 1.54) is 0 Å². The van der Waals surface area contributed by atoms with E-state index in [-0.39, 0.29) is 12.2 Å². The minimum Gasteiger partial charge on any atom is -0.497 e. The molecule has 0 radical (unpaired) electrons. The molecule has 0 amide bonds. The van der Waals surface area contributed by atoms with Crippen molar-refractivity contribution in [3.63, 3.8) is 0 Å². The quantitative estimate of drug-likeness (QED) is 0.742. The number of methoxy groups -OCH3 is 1. The third kappa shape index (κ3) is 1.74. The second-order valence-corrected chi connectivity index (χ2v) is 3.54. The van der Waals surface area contributed by atoms with E-state index in [0.29, 0.717) is 0 Å². The normalized spacial score (nSPS) is 27.1. The topological polar surface area (TPSA) is 42.0 Å². The van der Waals surface area contributed by atoms with E-state index in [1.54, 1.807) is 14.0 Å². The molecule has 3 atom stereocenters. The van der Waals surface area contributed by atoms with Gasteiger partial charge in [0.15, 0.2) is 0 Å². The lowest BCUT2D eigenvalue weighted by Gasteiger charge is -2.02. The molecule has 1 fully saturated rings. The zero-order valence-corrected chi connectivity index (χ0v) is 8.31. The van der Waals surface area contributed by atoms with Crippen LogP contribution in [0.4, 0.5) is 0 Å². The first-order valence-corrected chi connectivity index (χ1v) is 4.70. The van der Waals surface area contributed by atoms with Crippen molar-refractivity contribution in [1.29, 1.82) is 0 Å². The monoisotopic (exact) mass is 194 g/mol. The molecule has 1 aromatic rings. The van der Waals surface area contributed by atoms with Crippen molar-refractivity contribution in [3.05, 3.63) is 29.8 Å². The van der Waals surface area contributed by atoms with Gasteiger partial charge < -0.3 is 14.6 Å². The minimum atomic E-state index is -0.411. The van der Waals surface area contributed by atoms with Crippen molar-refractivity contribution in [2.45, 2.75) is 25.2 Å². The van der Waals surface area contributed by atoms with Gasteiger partial charge in [-0.1, -0.05) is 12.1 Å². The zero-order chi connectivity index (χ0) is 10.1. The van der Waals surface area contributed by atoms with Crippen molar-refractivity contribution < 1.29 is 14.6 Å². The number of aliphatic hydroxyl groups excluding tert-OH is 1. The Kier molecular flexibility index (Phi) is 2.44. The van der Waals surface area contributed by atoms with Crippen LogP contribution in [-0.4, -0.2) is 24.4 Å². The van der Waals surface area contributed by atoms with Crippen LogP contribution in [-0.2, 0) is 4.74 Å². The lowest BCUT2D eigenvalue weighted by molar-refractivity contribution is 0.152. The first kappa shape index (κ1) is 9.49. The third-order valence-corrected chi connectivity index (χ3v) is 2.42. The van der Waals surface area contributed by atoms with Gasteiger partial charge in [-0.3, -0.25) is 0 Å². The van der Waals surface area contributed by atoms with Crippen molar-refractivity contribution in [3.8, 4) is 5.75 Å². The predicted molar refractivity (Wildman–Crippen MR) is 52.3 cm³/mol. The largest absolute Gasteiger partial charge is 0.497 e. The average molecular weight is 194 g/mol. The SMILES string of the molecule is COc1cccc([C@@H]2O[C@H]2[C@H](C)O)c1. The molecule has 0 bridgehead atoms. The molecular weight excluding hydrogens is 180 g/mol. The molecule has 3 heteroatoms. The fraction of sp³-hybridized carbons (Fsp3) is 0.455. The van der Waals surface area contributed by atoms with Crippen molar-refractivity contribution in [2.75, 3.05) is 7.11 Å². The maximum Gasteiger partial charge on any atom is 0.119 e. The first-order valence-electron chi connectivity index (χ1n) is 4.70. The molecule has 1 saturated heterocycles. The Labute approximate surface area is 83.3 Å². The highest BCUT2D eigenvalue weighted by Gasteiger charge is 2.43. The van der Waals surface area contributed by atoms with Crippen LogP contribution in [0.2, 0.25) is 0 Å². The van der Waals surface area contributed by atoms with Crippen molar-refractivity contribution in [1.82, 2.24) is 0 Å². The summed E-state index contributed by atoms with van der Waals surface area (Å²) >= 11 is 0. The van der Waals surface area contributed by atoms with E-state index < -0.39 is 6.10 Å². The molecule has 0 aliphatic carbocycles. The molecule has 0 spiro atoms. The van der Waals surface area contributed by atoms with E-state index in [1.807, 2.05) is 24.3 Å². The molecule has 2 rings (SSSR count). The highest BCUT2D eigenvalue weighted by Crippen LogP contribution is 2.41. The van der Waals surface area contributed by atoms with Crippen LogP contribution in [0.25, 0.3) is 0 Å². The third-order valence-electron chi connectivity index (χ3n) is 2.42. The molecule has 1 heterocycles. The molecule has 1 aromatic carbocycles. The van der Waals surface area contributed by atoms with Gasteiger partial charge in [0, 0.05) is 0 Å². The number of aliphatic hydroxyl groups is 1. The molecule has 1 aliphatic rings. The van der Waals surface area contributed by atoms with Crippen LogP contribution in [0.3, 0.4) is 0 Å². The number of hydrogen-bond acceptors (Lipinski definition) is 3. The zero-order valence-electron chi connectivity index (χ0n) is 8.31. The maximum atomic E-state index is 9.29. The van der Waals surface area contributed by atoms with Crippen LogP contribution in [0, 0.1) is 0 Å². The Hall–Kier alpha value is -1.06.